The molecular weight excluding hydrogens is 252 g/mol. The molecule has 2 unspecified atom stereocenters. The number of hydrogen-bond donors (Lipinski definition) is 2. The van der Waals surface area contributed by atoms with E-state index in [-0.39, 0.29) is 11.3 Å². The highest BCUT2D eigenvalue weighted by Crippen LogP contribution is 2.31. The van der Waals surface area contributed by atoms with Crippen LogP contribution in [0.1, 0.15) is 17.3 Å². The van der Waals surface area contributed by atoms with Crippen molar-refractivity contribution in [3.8, 4) is 0 Å². The van der Waals surface area contributed by atoms with E-state index in [1.165, 1.54) is 16.7 Å². The first-order valence-electron chi connectivity index (χ1n) is 5.54. The number of para-hydroxylation sites is 1. The van der Waals surface area contributed by atoms with Crippen LogP contribution < -0.4 is 5.73 Å². The maximum absolute atomic E-state index is 12.4. The number of benzene rings is 1. The normalized spacial score (nSPS) is 23.1. The first-order chi connectivity index (χ1) is 8.52. The topological polar surface area (TPSA) is 83.6 Å². The zero-order valence-electron chi connectivity index (χ0n) is 9.87. The molecule has 0 aliphatic carbocycles. The van der Waals surface area contributed by atoms with Crippen molar-refractivity contribution < 1.29 is 14.7 Å². The Bertz CT molecular complexity index is 492. The van der Waals surface area contributed by atoms with E-state index in [9.17, 15) is 9.59 Å². The third-order valence-electron chi connectivity index (χ3n) is 2.93. The number of nitrogens with two attached hydrogens (primary N) is 1. The lowest BCUT2D eigenvalue weighted by molar-refractivity contribution is -0.141. The Morgan fingerprint density at radius 2 is 2.11 bits per heavy atom. The molecule has 96 valence electrons. The maximum Gasteiger partial charge on any atom is 0.327 e. The Balaban J connectivity index is 2.33. The van der Waals surface area contributed by atoms with Gasteiger partial charge in [-0.15, -0.1) is 11.8 Å². The van der Waals surface area contributed by atoms with E-state index in [4.69, 9.17) is 10.8 Å². The van der Waals surface area contributed by atoms with Crippen LogP contribution in [0.3, 0.4) is 0 Å². The smallest absolute Gasteiger partial charge is 0.327 e. The summed E-state index contributed by atoms with van der Waals surface area (Å²) in [5, 5.41) is 8.97. The van der Waals surface area contributed by atoms with Crippen LogP contribution in [0.2, 0.25) is 0 Å². The van der Waals surface area contributed by atoms with E-state index >= 15 is 0 Å². The number of amides is 1. The van der Waals surface area contributed by atoms with Crippen molar-refractivity contribution >= 4 is 29.3 Å². The van der Waals surface area contributed by atoms with Crippen molar-refractivity contribution in [2.45, 2.75) is 18.3 Å². The van der Waals surface area contributed by atoms with Gasteiger partial charge in [0, 0.05) is 11.4 Å². The van der Waals surface area contributed by atoms with Gasteiger partial charge in [0.2, 0.25) is 0 Å². The Hall–Kier alpha value is -1.69. The molecule has 3 N–H and O–H groups in total. The molecule has 0 aromatic heterocycles. The fourth-order valence-electron chi connectivity index (χ4n) is 1.97. The zero-order chi connectivity index (χ0) is 13.3. The van der Waals surface area contributed by atoms with Gasteiger partial charge in [0.15, 0.2) is 0 Å². The van der Waals surface area contributed by atoms with Gasteiger partial charge >= 0.3 is 5.97 Å². The summed E-state index contributed by atoms with van der Waals surface area (Å²) in [5.41, 5.74) is 6.48. The molecule has 1 heterocycles. The summed E-state index contributed by atoms with van der Waals surface area (Å²) in [7, 11) is 0. The van der Waals surface area contributed by atoms with E-state index in [1.807, 2.05) is 6.92 Å². The van der Waals surface area contributed by atoms with Crippen LogP contribution in [-0.2, 0) is 4.79 Å². The van der Waals surface area contributed by atoms with Gasteiger partial charge in [0.05, 0.1) is 10.9 Å². The molecule has 18 heavy (non-hydrogen) atoms. The molecule has 1 aliphatic heterocycles. The molecule has 0 radical (unpaired) electrons. The summed E-state index contributed by atoms with van der Waals surface area (Å²) >= 11 is 1.45. The minimum atomic E-state index is -0.977. The molecule has 5 nitrogen and oxygen atoms in total. The molecule has 1 aromatic rings. The number of nitrogen functional groups attached to an aromatic ring is 1. The van der Waals surface area contributed by atoms with Crippen LogP contribution in [0.4, 0.5) is 5.69 Å². The monoisotopic (exact) mass is 266 g/mol. The quantitative estimate of drug-likeness (QED) is 0.787. The summed E-state index contributed by atoms with van der Waals surface area (Å²) in [6.45, 7) is 1.82. The fourth-order valence-corrected chi connectivity index (χ4v) is 3.14. The molecule has 2 atom stereocenters. The van der Waals surface area contributed by atoms with Gasteiger partial charge in [0.25, 0.3) is 5.91 Å². The van der Waals surface area contributed by atoms with Crippen molar-refractivity contribution in [3.05, 3.63) is 29.8 Å². The number of thioether (sulfide) groups is 1. The number of carbonyl (C=O) groups excluding carboxylic acids is 1. The number of nitrogens with zero attached hydrogens (tertiary/aromatic N) is 1. The van der Waals surface area contributed by atoms with Crippen LogP contribution in [0.5, 0.6) is 0 Å². The number of aliphatic carboxylic acids is 1. The van der Waals surface area contributed by atoms with E-state index < -0.39 is 12.0 Å². The van der Waals surface area contributed by atoms with Gasteiger partial charge in [-0.1, -0.05) is 12.1 Å². The molecule has 0 saturated carbocycles. The number of carboxylic acid groups (broad SMARTS) is 1. The maximum atomic E-state index is 12.4. The highest BCUT2D eigenvalue weighted by atomic mass is 32.2. The van der Waals surface area contributed by atoms with Crippen molar-refractivity contribution in [3.63, 3.8) is 0 Å². The molecule has 1 amide bonds. The van der Waals surface area contributed by atoms with E-state index in [2.05, 4.69) is 0 Å². The summed E-state index contributed by atoms with van der Waals surface area (Å²) in [5.74, 6) is -0.887. The second-order valence-electron chi connectivity index (χ2n) is 4.09. The lowest BCUT2D eigenvalue weighted by Gasteiger charge is -2.25. The molecular formula is C12H14N2O3S. The largest absolute Gasteiger partial charge is 0.480 e. The average Bonchev–Trinajstić information content (AvgIpc) is 2.71. The van der Waals surface area contributed by atoms with Crippen molar-refractivity contribution in [2.24, 2.45) is 0 Å². The minimum absolute atomic E-state index is 0.154. The van der Waals surface area contributed by atoms with Gasteiger partial charge in [-0.2, -0.15) is 0 Å². The number of carboxylic acids is 1. The number of rotatable bonds is 2. The van der Waals surface area contributed by atoms with E-state index in [0.717, 1.165) is 0 Å². The van der Waals surface area contributed by atoms with E-state index in [0.29, 0.717) is 17.0 Å². The first kappa shape index (κ1) is 12.8. The highest BCUT2D eigenvalue weighted by Gasteiger charge is 2.40. The first-order valence-corrected chi connectivity index (χ1v) is 6.59. The number of carbonyl (C=O) groups is 2. The molecule has 1 saturated heterocycles. The van der Waals surface area contributed by atoms with Crippen LogP contribution in [0.25, 0.3) is 0 Å². The average molecular weight is 266 g/mol. The molecule has 2 rings (SSSR count). The zero-order valence-corrected chi connectivity index (χ0v) is 10.7. The molecule has 1 aromatic carbocycles. The standard InChI is InChI=1S/C12H14N2O3S/c1-7-14(10(6-18-7)12(16)17)11(15)8-4-2-3-5-9(8)13/h2-5,7,10H,6,13H2,1H3,(H,16,17). The second kappa shape index (κ2) is 4.89. The number of anilines is 1. The van der Waals surface area contributed by atoms with Gasteiger partial charge < -0.3 is 15.7 Å². The summed E-state index contributed by atoms with van der Waals surface area (Å²) in [6, 6.07) is 5.93. The number of hydrogen-bond acceptors (Lipinski definition) is 4. The Labute approximate surface area is 109 Å². The van der Waals surface area contributed by atoms with Crippen molar-refractivity contribution in [1.82, 2.24) is 4.90 Å². The fraction of sp³-hybridized carbons (Fsp3) is 0.333. The van der Waals surface area contributed by atoms with Crippen LogP contribution in [-0.4, -0.2) is 39.1 Å². The molecule has 1 aliphatic rings. The highest BCUT2D eigenvalue weighted by molar-refractivity contribution is 8.00. The molecule has 6 heteroatoms. The summed E-state index contributed by atoms with van der Waals surface area (Å²) in [6.07, 6.45) is 0. The second-order valence-corrected chi connectivity index (χ2v) is 5.44. The third kappa shape index (κ3) is 2.15. The molecule has 1 fully saturated rings. The van der Waals surface area contributed by atoms with Gasteiger partial charge in [-0.25, -0.2) is 4.79 Å². The SMILES string of the molecule is CC1SCC(C(=O)O)N1C(=O)c1ccccc1N. The van der Waals surface area contributed by atoms with Gasteiger partial charge in [-0.3, -0.25) is 4.79 Å². The lowest BCUT2D eigenvalue weighted by Crippen LogP contribution is -2.44. The van der Waals surface area contributed by atoms with Gasteiger partial charge in [-0.05, 0) is 19.1 Å². The van der Waals surface area contributed by atoms with Crippen LogP contribution in [0.15, 0.2) is 24.3 Å². The van der Waals surface area contributed by atoms with Crippen molar-refractivity contribution in [1.29, 1.82) is 0 Å². The van der Waals surface area contributed by atoms with Crippen LogP contribution in [0, 0.1) is 0 Å². The Morgan fingerprint density at radius 3 is 2.72 bits per heavy atom. The van der Waals surface area contributed by atoms with E-state index in [1.54, 1.807) is 24.3 Å². The lowest BCUT2D eigenvalue weighted by atomic mass is 10.1. The molecule has 0 bridgehead atoms. The summed E-state index contributed by atoms with van der Waals surface area (Å²) in [4.78, 5) is 24.9. The Morgan fingerprint density at radius 1 is 1.44 bits per heavy atom. The Kier molecular flexibility index (Phi) is 3.47. The third-order valence-corrected chi connectivity index (χ3v) is 4.15. The van der Waals surface area contributed by atoms with Crippen LogP contribution >= 0.6 is 11.8 Å². The summed E-state index contributed by atoms with van der Waals surface area (Å²) < 4.78 is 0. The minimum Gasteiger partial charge on any atom is -0.480 e. The van der Waals surface area contributed by atoms with Gasteiger partial charge in [0.1, 0.15) is 6.04 Å². The van der Waals surface area contributed by atoms with Crippen molar-refractivity contribution in [2.75, 3.05) is 11.5 Å². The molecule has 0 spiro atoms. The predicted octanol–water partition coefficient (Wildman–Crippen LogP) is 1.26. The predicted molar refractivity (Wildman–Crippen MR) is 70.4 cm³/mol.